The number of carboxylic acid groups (broad SMARTS) is 1. The second-order valence-electron chi connectivity index (χ2n) is 4.17. The molecule has 0 aromatic heterocycles. The van der Waals surface area contributed by atoms with E-state index in [0.29, 0.717) is 12.0 Å². The van der Waals surface area contributed by atoms with Crippen molar-refractivity contribution in [2.45, 2.75) is 25.8 Å². The second-order valence-corrected chi connectivity index (χ2v) is 4.17. The summed E-state index contributed by atoms with van der Waals surface area (Å²) < 4.78 is 0. The van der Waals surface area contributed by atoms with Crippen LogP contribution >= 0.6 is 12.4 Å². The molecule has 0 spiro atoms. The fraction of sp³-hybridized carbons (Fsp3) is 0.364. The SMILES string of the molecule is CC(C)(N)Cc1cccc(C(=O)O)c1.Cl. The van der Waals surface area contributed by atoms with Gasteiger partial charge in [0, 0.05) is 5.54 Å². The van der Waals surface area contributed by atoms with E-state index >= 15 is 0 Å². The molecule has 4 heteroatoms. The molecule has 0 atom stereocenters. The first kappa shape index (κ1) is 13.9. The number of aromatic carboxylic acids is 1. The van der Waals surface area contributed by atoms with Crippen molar-refractivity contribution in [3.8, 4) is 0 Å². The Kier molecular flexibility index (Phi) is 4.78. The number of hydrogen-bond donors (Lipinski definition) is 2. The Morgan fingerprint density at radius 1 is 1.47 bits per heavy atom. The molecule has 15 heavy (non-hydrogen) atoms. The van der Waals surface area contributed by atoms with Crippen molar-refractivity contribution in [3.63, 3.8) is 0 Å². The van der Waals surface area contributed by atoms with Crippen molar-refractivity contribution < 1.29 is 9.90 Å². The van der Waals surface area contributed by atoms with E-state index in [0.717, 1.165) is 5.56 Å². The quantitative estimate of drug-likeness (QED) is 0.834. The summed E-state index contributed by atoms with van der Waals surface area (Å²) >= 11 is 0. The third-order valence-electron chi connectivity index (χ3n) is 1.83. The van der Waals surface area contributed by atoms with Gasteiger partial charge < -0.3 is 10.8 Å². The topological polar surface area (TPSA) is 63.3 Å². The molecule has 0 saturated carbocycles. The highest BCUT2D eigenvalue weighted by molar-refractivity contribution is 5.87. The van der Waals surface area contributed by atoms with Crippen molar-refractivity contribution in [2.24, 2.45) is 5.73 Å². The summed E-state index contributed by atoms with van der Waals surface area (Å²) in [5, 5.41) is 8.78. The summed E-state index contributed by atoms with van der Waals surface area (Å²) in [5.74, 6) is -0.901. The van der Waals surface area contributed by atoms with Crippen molar-refractivity contribution in [3.05, 3.63) is 35.4 Å². The van der Waals surface area contributed by atoms with Crippen LogP contribution in [0.5, 0.6) is 0 Å². The van der Waals surface area contributed by atoms with Crippen LogP contribution in [-0.4, -0.2) is 16.6 Å². The molecule has 0 amide bonds. The third-order valence-corrected chi connectivity index (χ3v) is 1.83. The Labute approximate surface area is 95.7 Å². The van der Waals surface area contributed by atoms with Gasteiger partial charge in [-0.1, -0.05) is 12.1 Å². The van der Waals surface area contributed by atoms with Crippen molar-refractivity contribution in [1.29, 1.82) is 0 Å². The molecular formula is C11H16ClNO2. The predicted octanol–water partition coefficient (Wildman–Crippen LogP) is 2.09. The average Bonchev–Trinajstić information content (AvgIpc) is 2.01. The first-order chi connectivity index (χ1) is 6.38. The van der Waals surface area contributed by atoms with Gasteiger partial charge in [0.2, 0.25) is 0 Å². The van der Waals surface area contributed by atoms with Crippen LogP contribution in [-0.2, 0) is 6.42 Å². The lowest BCUT2D eigenvalue weighted by Crippen LogP contribution is -2.34. The zero-order valence-electron chi connectivity index (χ0n) is 8.86. The monoisotopic (exact) mass is 229 g/mol. The van der Waals surface area contributed by atoms with Crippen LogP contribution in [0.25, 0.3) is 0 Å². The lowest BCUT2D eigenvalue weighted by atomic mass is 9.95. The summed E-state index contributed by atoms with van der Waals surface area (Å²) in [6, 6.07) is 6.87. The summed E-state index contributed by atoms with van der Waals surface area (Å²) in [7, 11) is 0. The molecule has 0 radical (unpaired) electrons. The van der Waals surface area contributed by atoms with Crippen LogP contribution < -0.4 is 5.73 Å². The van der Waals surface area contributed by atoms with Gasteiger partial charge in [-0.05, 0) is 38.0 Å². The maximum Gasteiger partial charge on any atom is 0.335 e. The highest BCUT2D eigenvalue weighted by atomic mass is 35.5. The zero-order valence-corrected chi connectivity index (χ0v) is 9.67. The van der Waals surface area contributed by atoms with Crippen LogP contribution in [0, 0.1) is 0 Å². The number of carboxylic acids is 1. The van der Waals surface area contributed by atoms with Crippen LogP contribution in [0.3, 0.4) is 0 Å². The molecule has 1 aromatic carbocycles. The predicted molar refractivity (Wildman–Crippen MR) is 62.6 cm³/mol. The Morgan fingerprint density at radius 2 is 2.07 bits per heavy atom. The summed E-state index contributed by atoms with van der Waals surface area (Å²) in [4.78, 5) is 10.7. The minimum absolute atomic E-state index is 0. The highest BCUT2D eigenvalue weighted by Gasteiger charge is 2.12. The molecule has 84 valence electrons. The number of halogens is 1. The van der Waals surface area contributed by atoms with Crippen molar-refractivity contribution in [2.75, 3.05) is 0 Å². The Bertz CT molecular complexity index is 345. The summed E-state index contributed by atoms with van der Waals surface area (Å²) in [6.07, 6.45) is 0.675. The molecule has 0 aliphatic carbocycles. The van der Waals surface area contributed by atoms with Crippen LogP contribution in [0.2, 0.25) is 0 Å². The number of rotatable bonds is 3. The second kappa shape index (κ2) is 5.14. The molecule has 0 aliphatic rings. The maximum atomic E-state index is 10.7. The minimum atomic E-state index is -0.901. The zero-order chi connectivity index (χ0) is 10.8. The molecule has 0 unspecified atom stereocenters. The lowest BCUT2D eigenvalue weighted by Gasteiger charge is -2.18. The van der Waals surface area contributed by atoms with Crippen molar-refractivity contribution >= 4 is 18.4 Å². The number of carbonyl (C=O) groups is 1. The van der Waals surface area contributed by atoms with Gasteiger partial charge in [0.25, 0.3) is 0 Å². The Balaban J connectivity index is 0.00000196. The van der Waals surface area contributed by atoms with E-state index in [9.17, 15) is 4.79 Å². The molecule has 1 rings (SSSR count). The van der Waals surface area contributed by atoms with E-state index in [2.05, 4.69) is 0 Å². The standard InChI is InChI=1S/C11H15NO2.ClH/c1-11(2,12)7-8-4-3-5-9(6-8)10(13)14;/h3-6H,7,12H2,1-2H3,(H,13,14);1H. The first-order valence-electron chi connectivity index (χ1n) is 4.49. The molecule has 0 saturated heterocycles. The van der Waals surface area contributed by atoms with Gasteiger partial charge in [0.15, 0.2) is 0 Å². The van der Waals surface area contributed by atoms with Gasteiger partial charge in [-0.15, -0.1) is 12.4 Å². The number of nitrogens with two attached hydrogens (primary N) is 1. The minimum Gasteiger partial charge on any atom is -0.478 e. The first-order valence-corrected chi connectivity index (χ1v) is 4.49. The molecule has 3 N–H and O–H groups in total. The van der Waals surface area contributed by atoms with Crippen LogP contribution in [0.1, 0.15) is 29.8 Å². The van der Waals surface area contributed by atoms with E-state index in [1.807, 2.05) is 19.9 Å². The smallest absolute Gasteiger partial charge is 0.335 e. The normalized spacial score (nSPS) is 10.6. The van der Waals surface area contributed by atoms with E-state index in [1.54, 1.807) is 18.2 Å². The van der Waals surface area contributed by atoms with Gasteiger partial charge in [0.1, 0.15) is 0 Å². The fourth-order valence-corrected chi connectivity index (χ4v) is 1.34. The molecule has 0 aliphatic heterocycles. The van der Waals surface area contributed by atoms with Crippen LogP contribution in [0.15, 0.2) is 24.3 Å². The van der Waals surface area contributed by atoms with E-state index < -0.39 is 5.97 Å². The average molecular weight is 230 g/mol. The van der Waals surface area contributed by atoms with Gasteiger partial charge in [0.05, 0.1) is 5.56 Å². The van der Waals surface area contributed by atoms with E-state index in [1.165, 1.54) is 0 Å². The maximum absolute atomic E-state index is 10.7. The lowest BCUT2D eigenvalue weighted by molar-refractivity contribution is 0.0696. The van der Waals surface area contributed by atoms with E-state index in [4.69, 9.17) is 10.8 Å². The van der Waals surface area contributed by atoms with Gasteiger partial charge >= 0.3 is 5.97 Å². The fourth-order valence-electron chi connectivity index (χ4n) is 1.34. The number of hydrogen-bond acceptors (Lipinski definition) is 2. The molecule has 0 fully saturated rings. The molecule has 0 heterocycles. The molecule has 3 nitrogen and oxygen atoms in total. The van der Waals surface area contributed by atoms with Crippen LogP contribution in [0.4, 0.5) is 0 Å². The molecule has 1 aromatic rings. The van der Waals surface area contributed by atoms with Crippen molar-refractivity contribution in [1.82, 2.24) is 0 Å². The number of benzene rings is 1. The Hall–Kier alpha value is -1.06. The third kappa shape index (κ3) is 4.81. The highest BCUT2D eigenvalue weighted by Crippen LogP contribution is 2.11. The van der Waals surface area contributed by atoms with Gasteiger partial charge in [-0.3, -0.25) is 0 Å². The summed E-state index contributed by atoms with van der Waals surface area (Å²) in [6.45, 7) is 3.83. The largest absolute Gasteiger partial charge is 0.478 e. The van der Waals surface area contributed by atoms with Gasteiger partial charge in [-0.2, -0.15) is 0 Å². The van der Waals surface area contributed by atoms with E-state index in [-0.39, 0.29) is 17.9 Å². The summed E-state index contributed by atoms with van der Waals surface area (Å²) in [5.41, 5.74) is 6.81. The van der Waals surface area contributed by atoms with Gasteiger partial charge in [-0.25, -0.2) is 4.79 Å². The molecular weight excluding hydrogens is 214 g/mol. The Morgan fingerprint density at radius 3 is 2.53 bits per heavy atom. The molecule has 0 bridgehead atoms.